The molecule has 0 bridgehead atoms. The average molecular weight is 431 g/mol. The number of rotatable bonds is 6. The highest BCUT2D eigenvalue weighted by atomic mass is 19.4. The Bertz CT molecular complexity index is 801. The van der Waals surface area contributed by atoms with Crippen molar-refractivity contribution in [3.8, 4) is 0 Å². The van der Waals surface area contributed by atoms with Gasteiger partial charge in [0, 0.05) is 24.8 Å². The van der Waals surface area contributed by atoms with Crippen molar-refractivity contribution >= 4 is 29.2 Å². The van der Waals surface area contributed by atoms with E-state index in [0.29, 0.717) is 0 Å². The maximum absolute atomic E-state index is 13.6. The summed E-state index contributed by atoms with van der Waals surface area (Å²) in [6.45, 7) is 3.18. The number of ether oxygens (including phenoxy) is 1. The summed E-state index contributed by atoms with van der Waals surface area (Å²) in [4.78, 5) is 37.3. The summed E-state index contributed by atoms with van der Waals surface area (Å²) in [6.07, 6.45) is -4.80. The largest absolute Gasteiger partial charge is 0.418 e. The fourth-order valence-electron chi connectivity index (χ4n) is 2.75. The van der Waals surface area contributed by atoms with Crippen LogP contribution in [0.25, 0.3) is 0 Å². The van der Waals surface area contributed by atoms with Crippen LogP contribution in [-0.2, 0) is 20.5 Å². The number of carbonyl (C=O) groups is 3. The smallest absolute Gasteiger partial charge is 0.370 e. The highest BCUT2D eigenvalue weighted by Gasteiger charge is 2.36. The Balaban J connectivity index is 2.24. The highest BCUT2D eigenvalue weighted by molar-refractivity contribution is 5.99. The summed E-state index contributed by atoms with van der Waals surface area (Å²) in [5.74, 6) is -1.37. The second kappa shape index (κ2) is 9.76. The van der Waals surface area contributed by atoms with Gasteiger partial charge in [0.25, 0.3) is 5.91 Å². The van der Waals surface area contributed by atoms with Gasteiger partial charge in [-0.25, -0.2) is 4.79 Å². The van der Waals surface area contributed by atoms with E-state index < -0.39 is 41.3 Å². The number of benzene rings is 1. The minimum atomic E-state index is -4.80. The second-order valence-electron chi connectivity index (χ2n) is 6.88. The predicted octanol–water partition coefficient (Wildman–Crippen LogP) is 1.04. The third kappa shape index (κ3) is 6.07. The molecule has 4 amide bonds. The maximum Gasteiger partial charge on any atom is 0.418 e. The number of carbonyl (C=O) groups excluding carboxylic acids is 3. The minimum absolute atomic E-state index is 0.0402. The number of halogens is 3. The van der Waals surface area contributed by atoms with Crippen LogP contribution in [0.1, 0.15) is 19.4 Å². The molecule has 9 nitrogen and oxygen atoms in total. The van der Waals surface area contributed by atoms with Gasteiger partial charge in [-0.2, -0.15) is 13.2 Å². The summed E-state index contributed by atoms with van der Waals surface area (Å²) in [5, 5.41) is 6.97. The average Bonchev–Trinajstić information content (AvgIpc) is 2.65. The zero-order valence-electron chi connectivity index (χ0n) is 16.5. The van der Waals surface area contributed by atoms with E-state index in [-0.39, 0.29) is 38.0 Å². The van der Waals surface area contributed by atoms with E-state index >= 15 is 0 Å². The van der Waals surface area contributed by atoms with Gasteiger partial charge < -0.3 is 31.3 Å². The molecule has 0 aromatic heterocycles. The molecule has 1 saturated heterocycles. The van der Waals surface area contributed by atoms with E-state index in [1.807, 2.05) is 0 Å². The first-order valence-electron chi connectivity index (χ1n) is 9.20. The van der Waals surface area contributed by atoms with Gasteiger partial charge in [0.1, 0.15) is 12.6 Å². The van der Waals surface area contributed by atoms with Gasteiger partial charge in [-0.15, -0.1) is 0 Å². The van der Waals surface area contributed by atoms with E-state index in [0.717, 1.165) is 12.1 Å². The van der Waals surface area contributed by atoms with Crippen molar-refractivity contribution in [1.29, 1.82) is 0 Å². The van der Waals surface area contributed by atoms with Gasteiger partial charge >= 0.3 is 12.2 Å². The second-order valence-corrected chi connectivity index (χ2v) is 6.88. The molecule has 1 atom stereocenters. The summed E-state index contributed by atoms with van der Waals surface area (Å²) in [7, 11) is 0. The molecule has 30 heavy (non-hydrogen) atoms. The third-order valence-corrected chi connectivity index (χ3v) is 4.14. The van der Waals surface area contributed by atoms with Crippen LogP contribution in [-0.4, -0.2) is 56.2 Å². The van der Waals surface area contributed by atoms with Gasteiger partial charge in [0.05, 0.1) is 17.9 Å². The van der Waals surface area contributed by atoms with Gasteiger partial charge in [-0.1, -0.05) is 0 Å². The van der Waals surface area contributed by atoms with Gasteiger partial charge in [0.15, 0.2) is 0 Å². The van der Waals surface area contributed by atoms with Gasteiger partial charge in [-0.05, 0) is 32.0 Å². The zero-order valence-corrected chi connectivity index (χ0v) is 16.5. The molecule has 0 aliphatic carbocycles. The summed E-state index contributed by atoms with van der Waals surface area (Å²) in [5.41, 5.74) is 3.88. The Hall–Kier alpha value is -2.86. The van der Waals surface area contributed by atoms with Crippen molar-refractivity contribution in [2.45, 2.75) is 32.1 Å². The molecule has 0 spiro atoms. The van der Waals surface area contributed by atoms with Crippen molar-refractivity contribution in [3.05, 3.63) is 23.8 Å². The standard InChI is InChI=1S/C18H24F3N5O4/c1-10(2)23-17(29)25-14(8-22)16(28)24-13-4-3-11(7-12(13)18(19,20)21)26-5-6-30-9-15(26)27/h3-4,7,10,14H,5-6,8-9,22H2,1-2H3,(H,24,28)(H2,23,25,29)/t14-/m1/s1. The van der Waals surface area contributed by atoms with Crippen LogP contribution in [0.2, 0.25) is 0 Å². The third-order valence-electron chi connectivity index (χ3n) is 4.14. The van der Waals surface area contributed by atoms with E-state index in [9.17, 15) is 27.6 Å². The Morgan fingerprint density at radius 1 is 1.27 bits per heavy atom. The monoisotopic (exact) mass is 431 g/mol. The van der Waals surface area contributed by atoms with Gasteiger partial charge in [-0.3, -0.25) is 9.59 Å². The number of morpholine rings is 1. The zero-order chi connectivity index (χ0) is 22.5. The molecule has 1 heterocycles. The number of nitrogens with two attached hydrogens (primary N) is 1. The van der Waals surface area contributed by atoms with Crippen molar-refractivity contribution in [2.75, 3.05) is 36.5 Å². The summed E-state index contributed by atoms with van der Waals surface area (Å²) in [6, 6.07) is 1.01. The first-order chi connectivity index (χ1) is 14.0. The predicted molar refractivity (Wildman–Crippen MR) is 103 cm³/mol. The lowest BCUT2D eigenvalue weighted by molar-refractivity contribution is -0.137. The highest BCUT2D eigenvalue weighted by Crippen LogP contribution is 2.37. The van der Waals surface area contributed by atoms with Crippen LogP contribution in [0.5, 0.6) is 0 Å². The van der Waals surface area contributed by atoms with Crippen molar-refractivity contribution in [3.63, 3.8) is 0 Å². The molecule has 1 aliphatic rings. The topological polar surface area (TPSA) is 126 Å². The fourth-order valence-corrected chi connectivity index (χ4v) is 2.75. The first-order valence-corrected chi connectivity index (χ1v) is 9.20. The van der Waals surface area contributed by atoms with Crippen LogP contribution >= 0.6 is 0 Å². The Morgan fingerprint density at radius 3 is 2.53 bits per heavy atom. The number of nitrogens with zero attached hydrogens (tertiary/aromatic N) is 1. The molecule has 1 fully saturated rings. The number of nitrogens with one attached hydrogen (secondary N) is 3. The minimum Gasteiger partial charge on any atom is -0.370 e. The summed E-state index contributed by atoms with van der Waals surface area (Å²) >= 11 is 0. The normalized spacial score (nSPS) is 15.7. The summed E-state index contributed by atoms with van der Waals surface area (Å²) < 4.78 is 45.8. The van der Waals surface area contributed by atoms with Crippen LogP contribution in [0.3, 0.4) is 0 Å². The lowest BCUT2D eigenvalue weighted by Crippen LogP contribution is -2.52. The Morgan fingerprint density at radius 2 is 1.97 bits per heavy atom. The molecule has 12 heteroatoms. The SMILES string of the molecule is CC(C)NC(=O)N[C@H](CN)C(=O)Nc1ccc(N2CCOCC2=O)cc1C(F)(F)F. The lowest BCUT2D eigenvalue weighted by Gasteiger charge is -2.28. The van der Waals surface area contributed by atoms with Crippen molar-refractivity contribution in [2.24, 2.45) is 5.73 Å². The number of hydrogen-bond donors (Lipinski definition) is 4. The molecule has 166 valence electrons. The number of hydrogen-bond acceptors (Lipinski definition) is 5. The molecule has 1 aromatic rings. The molecular formula is C18H24F3N5O4. The Labute approximate surface area is 171 Å². The molecule has 0 unspecified atom stereocenters. The molecule has 2 rings (SSSR count). The molecule has 0 radical (unpaired) electrons. The van der Waals surface area contributed by atoms with Crippen LogP contribution in [0, 0.1) is 0 Å². The van der Waals surface area contributed by atoms with E-state index in [1.54, 1.807) is 13.8 Å². The van der Waals surface area contributed by atoms with E-state index in [4.69, 9.17) is 10.5 Å². The molecule has 1 aliphatic heterocycles. The number of alkyl halides is 3. The maximum atomic E-state index is 13.6. The van der Waals surface area contributed by atoms with Crippen LogP contribution < -0.4 is 26.6 Å². The number of amides is 4. The fraction of sp³-hybridized carbons (Fsp3) is 0.500. The molecule has 1 aromatic carbocycles. The molecule has 0 saturated carbocycles. The van der Waals surface area contributed by atoms with Crippen LogP contribution in [0.4, 0.5) is 29.3 Å². The molecule has 5 N–H and O–H groups in total. The molecular weight excluding hydrogens is 407 g/mol. The number of urea groups is 1. The van der Waals surface area contributed by atoms with E-state index in [1.165, 1.54) is 11.0 Å². The number of anilines is 2. The van der Waals surface area contributed by atoms with Crippen molar-refractivity contribution in [1.82, 2.24) is 10.6 Å². The van der Waals surface area contributed by atoms with Crippen LogP contribution in [0.15, 0.2) is 18.2 Å². The first kappa shape index (κ1) is 23.4. The van der Waals surface area contributed by atoms with Crippen molar-refractivity contribution < 1.29 is 32.3 Å². The quantitative estimate of drug-likeness (QED) is 0.536. The lowest BCUT2D eigenvalue weighted by atomic mass is 10.1. The van der Waals surface area contributed by atoms with E-state index in [2.05, 4.69) is 16.0 Å². The van der Waals surface area contributed by atoms with Gasteiger partial charge in [0.2, 0.25) is 5.91 Å². The Kier molecular flexibility index (Phi) is 7.62.